The van der Waals surface area contributed by atoms with Gasteiger partial charge in [0, 0.05) is 32.1 Å². The maximum atomic E-state index is 12.1. The minimum Gasteiger partial charge on any atom is -0.300 e. The molecule has 8 nitrogen and oxygen atoms in total. The summed E-state index contributed by atoms with van der Waals surface area (Å²) in [4.78, 5) is 34.6. The van der Waals surface area contributed by atoms with Crippen LogP contribution in [0.1, 0.15) is 5.56 Å². The maximum absolute atomic E-state index is 12.1. The number of aromatic nitrogens is 1. The highest BCUT2D eigenvalue weighted by molar-refractivity contribution is 6.46. The van der Waals surface area contributed by atoms with Crippen LogP contribution in [0, 0.1) is 0 Å². The van der Waals surface area contributed by atoms with Gasteiger partial charge in [0.2, 0.25) is 0 Å². The summed E-state index contributed by atoms with van der Waals surface area (Å²) in [6.07, 6.45) is 2.62. The molecule has 0 saturated carbocycles. The summed E-state index contributed by atoms with van der Waals surface area (Å²) in [7, 11) is 3.01. The van der Waals surface area contributed by atoms with Crippen molar-refractivity contribution in [2.75, 3.05) is 14.1 Å². The van der Waals surface area contributed by atoms with E-state index in [1.54, 1.807) is 31.6 Å². The number of urea groups is 1. The Kier molecular flexibility index (Phi) is 2.70. The molecule has 1 fully saturated rings. The number of amides is 3. The zero-order valence-electron chi connectivity index (χ0n) is 10.9. The minimum atomic E-state index is -0.633. The van der Waals surface area contributed by atoms with Crippen molar-refractivity contribution in [2.45, 2.75) is 6.17 Å². The molecule has 102 valence electrons. The molecule has 3 rings (SSSR count). The van der Waals surface area contributed by atoms with Gasteiger partial charge >= 0.3 is 6.03 Å². The monoisotopic (exact) mass is 272 g/mol. The Morgan fingerprint density at radius 3 is 2.80 bits per heavy atom. The molecule has 1 saturated heterocycles. The first kappa shape index (κ1) is 12.3. The Bertz CT molecular complexity index is 639. The van der Waals surface area contributed by atoms with E-state index in [2.05, 4.69) is 20.5 Å². The number of hydrogen-bond donors (Lipinski definition) is 1. The van der Waals surface area contributed by atoms with Crippen LogP contribution in [0.25, 0.3) is 0 Å². The normalized spacial score (nSPS) is 22.0. The van der Waals surface area contributed by atoms with Crippen LogP contribution in [0.2, 0.25) is 0 Å². The van der Waals surface area contributed by atoms with Gasteiger partial charge in [-0.1, -0.05) is 0 Å². The van der Waals surface area contributed by atoms with Crippen molar-refractivity contribution < 1.29 is 9.59 Å². The number of nitrogens with one attached hydrogen (secondary N) is 1. The Balaban J connectivity index is 2.00. The van der Waals surface area contributed by atoms with Crippen molar-refractivity contribution >= 4 is 23.5 Å². The lowest BCUT2D eigenvalue weighted by atomic mass is 10.1. The van der Waals surface area contributed by atoms with E-state index < -0.39 is 18.1 Å². The van der Waals surface area contributed by atoms with E-state index in [0.29, 0.717) is 11.4 Å². The molecule has 0 bridgehead atoms. The van der Waals surface area contributed by atoms with Gasteiger partial charge < -0.3 is 0 Å². The van der Waals surface area contributed by atoms with Crippen molar-refractivity contribution in [3.8, 4) is 0 Å². The molecule has 0 radical (unpaired) electrons. The lowest BCUT2D eigenvalue weighted by molar-refractivity contribution is -0.122. The number of fused-ring (bicyclic) bond motifs is 1. The topological polar surface area (TPSA) is 90.3 Å². The molecule has 3 amide bonds. The molecule has 0 aliphatic carbocycles. The van der Waals surface area contributed by atoms with Crippen LogP contribution in [-0.4, -0.2) is 58.5 Å². The molecule has 2 aliphatic rings. The van der Waals surface area contributed by atoms with Crippen molar-refractivity contribution in [2.24, 2.45) is 10.1 Å². The highest BCUT2D eigenvalue weighted by Crippen LogP contribution is 2.15. The second-order valence-corrected chi connectivity index (χ2v) is 4.46. The van der Waals surface area contributed by atoms with Gasteiger partial charge in [0.15, 0.2) is 17.7 Å². The van der Waals surface area contributed by atoms with E-state index in [9.17, 15) is 9.59 Å². The summed E-state index contributed by atoms with van der Waals surface area (Å²) >= 11 is 0. The number of pyridine rings is 1. The van der Waals surface area contributed by atoms with Gasteiger partial charge in [0.1, 0.15) is 0 Å². The van der Waals surface area contributed by atoms with Gasteiger partial charge in [-0.2, -0.15) is 5.10 Å². The number of imide groups is 1. The van der Waals surface area contributed by atoms with Gasteiger partial charge in [0.25, 0.3) is 5.91 Å². The lowest BCUT2D eigenvalue weighted by Crippen LogP contribution is -2.64. The van der Waals surface area contributed by atoms with Crippen LogP contribution < -0.4 is 5.43 Å². The Labute approximate surface area is 114 Å². The first-order chi connectivity index (χ1) is 9.59. The first-order valence-corrected chi connectivity index (χ1v) is 5.96. The van der Waals surface area contributed by atoms with Crippen LogP contribution in [-0.2, 0) is 4.79 Å². The fourth-order valence-corrected chi connectivity index (χ4v) is 2.05. The molecular formula is C12H12N6O2. The summed E-state index contributed by atoms with van der Waals surface area (Å²) in [5, 5.41) is 4.10. The molecule has 20 heavy (non-hydrogen) atoms. The van der Waals surface area contributed by atoms with Crippen LogP contribution in [0.3, 0.4) is 0 Å². The molecule has 0 spiro atoms. The summed E-state index contributed by atoms with van der Waals surface area (Å²) in [6, 6.07) is 3.16. The van der Waals surface area contributed by atoms with E-state index in [1.165, 1.54) is 11.9 Å². The largest absolute Gasteiger partial charge is 0.328 e. The number of hydrogen-bond acceptors (Lipinski definition) is 6. The molecule has 1 N–H and O–H groups in total. The summed E-state index contributed by atoms with van der Waals surface area (Å²) in [6.45, 7) is 0. The maximum Gasteiger partial charge on any atom is 0.328 e. The Hall–Kier alpha value is -2.77. The zero-order chi connectivity index (χ0) is 14.3. The quantitative estimate of drug-likeness (QED) is 0.755. The van der Waals surface area contributed by atoms with Crippen molar-refractivity contribution in [1.29, 1.82) is 0 Å². The fourth-order valence-electron chi connectivity index (χ4n) is 2.05. The van der Waals surface area contributed by atoms with Gasteiger partial charge in [-0.3, -0.25) is 25.0 Å². The predicted octanol–water partition coefficient (Wildman–Crippen LogP) is -0.363. The third-order valence-corrected chi connectivity index (χ3v) is 3.20. The van der Waals surface area contributed by atoms with Gasteiger partial charge in [-0.15, -0.1) is 0 Å². The molecule has 3 heterocycles. The minimum absolute atomic E-state index is 0.239. The molecule has 1 aromatic heterocycles. The van der Waals surface area contributed by atoms with Gasteiger partial charge in [0.05, 0.1) is 0 Å². The third kappa shape index (κ3) is 1.73. The smallest absolute Gasteiger partial charge is 0.300 e. The van der Waals surface area contributed by atoms with E-state index >= 15 is 0 Å². The molecule has 1 atom stereocenters. The molecule has 2 aliphatic heterocycles. The van der Waals surface area contributed by atoms with Gasteiger partial charge in [-0.05, 0) is 12.1 Å². The van der Waals surface area contributed by atoms with E-state index in [1.807, 2.05) is 0 Å². The number of rotatable bonds is 1. The highest BCUT2D eigenvalue weighted by Gasteiger charge is 2.42. The molecule has 8 heteroatoms. The molecule has 1 unspecified atom stereocenters. The average Bonchev–Trinajstić information content (AvgIpc) is 2.51. The van der Waals surface area contributed by atoms with E-state index in [0.717, 1.165) is 4.90 Å². The van der Waals surface area contributed by atoms with Crippen LogP contribution in [0.4, 0.5) is 4.79 Å². The third-order valence-electron chi connectivity index (χ3n) is 3.20. The van der Waals surface area contributed by atoms with Crippen LogP contribution in [0.15, 0.2) is 34.6 Å². The van der Waals surface area contributed by atoms with Crippen molar-refractivity contribution in [3.63, 3.8) is 0 Å². The molecular weight excluding hydrogens is 260 g/mol. The molecule has 1 aromatic rings. The van der Waals surface area contributed by atoms with E-state index in [-0.39, 0.29) is 5.71 Å². The number of nitrogens with zero attached hydrogens (tertiary/aromatic N) is 5. The second kappa shape index (κ2) is 4.41. The van der Waals surface area contributed by atoms with Crippen molar-refractivity contribution in [3.05, 3.63) is 30.1 Å². The zero-order valence-corrected chi connectivity index (χ0v) is 10.9. The number of carbonyl (C=O) groups excluding carboxylic acids is 2. The first-order valence-electron chi connectivity index (χ1n) is 5.96. The number of carbonyl (C=O) groups is 2. The molecule has 0 aromatic carbocycles. The highest BCUT2D eigenvalue weighted by atomic mass is 16.2. The fraction of sp³-hybridized carbons (Fsp3) is 0.250. The summed E-state index contributed by atoms with van der Waals surface area (Å²) in [5.74, 6) is -0.0595. The predicted molar refractivity (Wildman–Crippen MR) is 71.1 cm³/mol. The summed E-state index contributed by atoms with van der Waals surface area (Å²) < 4.78 is 0. The van der Waals surface area contributed by atoms with Crippen LogP contribution >= 0.6 is 0 Å². The number of amidine groups is 1. The second-order valence-electron chi connectivity index (χ2n) is 4.46. The number of hydrazone groups is 1. The average molecular weight is 272 g/mol. The van der Waals surface area contributed by atoms with Crippen molar-refractivity contribution in [1.82, 2.24) is 20.2 Å². The van der Waals surface area contributed by atoms with Gasteiger partial charge in [-0.25, -0.2) is 9.79 Å². The Morgan fingerprint density at radius 2 is 2.10 bits per heavy atom. The van der Waals surface area contributed by atoms with Crippen LogP contribution in [0.5, 0.6) is 0 Å². The summed E-state index contributed by atoms with van der Waals surface area (Å²) in [5.41, 5.74) is 3.72. The Morgan fingerprint density at radius 1 is 1.30 bits per heavy atom. The number of aliphatic imine (C=N–C) groups is 1. The van der Waals surface area contributed by atoms with E-state index in [4.69, 9.17) is 0 Å². The standard InChI is InChI=1S/C12H12N6O2/c1-17-10-8(11(19)18(2)12(17)20)14-9(15-16-10)7-4-3-5-13-6-7/h3-6,10,16H,1-2H3. The lowest BCUT2D eigenvalue weighted by Gasteiger charge is -2.37. The SMILES string of the molecule is CN1C(=O)C2=NC(c3cccnc3)=NNC2N(C)C1=O.